The molecule has 0 aliphatic carbocycles. The second-order valence-corrected chi connectivity index (χ2v) is 7.58. The van der Waals surface area contributed by atoms with Gasteiger partial charge in [-0.15, -0.1) is 11.3 Å². The van der Waals surface area contributed by atoms with Crippen molar-refractivity contribution in [3.8, 4) is 0 Å². The standard InChI is InChI=1S/C12H19F3N2O2S2/c1-3-5-17(9-12(13,14)15)21(18,19)11-6-10(8-20-11)7-16-4-2/h6,8,16H,3-5,7,9H2,1-2H3. The van der Waals surface area contributed by atoms with E-state index < -0.39 is 22.7 Å². The van der Waals surface area contributed by atoms with E-state index in [1.54, 1.807) is 12.3 Å². The second kappa shape index (κ2) is 7.57. The Balaban J connectivity index is 2.97. The molecule has 0 fully saturated rings. The summed E-state index contributed by atoms with van der Waals surface area (Å²) in [5, 5.41) is 4.69. The number of nitrogens with one attached hydrogen (secondary N) is 1. The number of nitrogens with zero attached hydrogens (tertiary/aromatic N) is 1. The maximum absolute atomic E-state index is 12.5. The smallest absolute Gasteiger partial charge is 0.313 e. The molecule has 1 rings (SSSR count). The summed E-state index contributed by atoms with van der Waals surface area (Å²) in [6.07, 6.45) is -4.23. The van der Waals surface area contributed by atoms with Gasteiger partial charge < -0.3 is 5.32 Å². The zero-order valence-electron chi connectivity index (χ0n) is 11.9. The number of sulfonamides is 1. The van der Waals surface area contributed by atoms with Gasteiger partial charge in [-0.2, -0.15) is 17.5 Å². The molecular formula is C12H19F3N2O2S2. The van der Waals surface area contributed by atoms with Crippen molar-refractivity contribution in [2.75, 3.05) is 19.6 Å². The summed E-state index contributed by atoms with van der Waals surface area (Å²) in [5.41, 5.74) is 0.754. The van der Waals surface area contributed by atoms with Crippen LogP contribution in [0, 0.1) is 0 Å². The lowest BCUT2D eigenvalue weighted by Crippen LogP contribution is -2.39. The van der Waals surface area contributed by atoms with Gasteiger partial charge in [0.25, 0.3) is 10.0 Å². The van der Waals surface area contributed by atoms with Gasteiger partial charge in [-0.3, -0.25) is 0 Å². The van der Waals surface area contributed by atoms with Crippen LogP contribution in [0.4, 0.5) is 13.2 Å². The molecule has 0 spiro atoms. The van der Waals surface area contributed by atoms with E-state index in [4.69, 9.17) is 0 Å². The third-order valence-corrected chi connectivity index (χ3v) is 5.94. The van der Waals surface area contributed by atoms with Gasteiger partial charge in [-0.25, -0.2) is 8.42 Å². The van der Waals surface area contributed by atoms with Crippen LogP contribution in [0.1, 0.15) is 25.8 Å². The Morgan fingerprint density at radius 3 is 2.52 bits per heavy atom. The van der Waals surface area contributed by atoms with Crippen LogP contribution in [-0.2, 0) is 16.6 Å². The summed E-state index contributed by atoms with van der Waals surface area (Å²) in [4.78, 5) is 0. The normalized spacial score (nSPS) is 13.0. The van der Waals surface area contributed by atoms with Gasteiger partial charge in [-0.05, 0) is 30.0 Å². The predicted molar refractivity (Wildman–Crippen MR) is 76.8 cm³/mol. The zero-order valence-corrected chi connectivity index (χ0v) is 13.5. The Bertz CT molecular complexity index is 541. The second-order valence-electron chi connectivity index (χ2n) is 4.51. The minimum absolute atomic E-state index is 0.0481. The molecule has 0 aliphatic heterocycles. The summed E-state index contributed by atoms with van der Waals surface area (Å²) in [6.45, 7) is 3.18. The Labute approximate surface area is 127 Å². The first kappa shape index (κ1) is 18.4. The van der Waals surface area contributed by atoms with Crippen molar-refractivity contribution in [2.24, 2.45) is 0 Å². The van der Waals surface area contributed by atoms with Crippen LogP contribution in [0.25, 0.3) is 0 Å². The fraction of sp³-hybridized carbons (Fsp3) is 0.667. The molecule has 0 unspecified atom stereocenters. The minimum Gasteiger partial charge on any atom is -0.313 e. The summed E-state index contributed by atoms with van der Waals surface area (Å²) < 4.78 is 62.7. The summed E-state index contributed by atoms with van der Waals surface area (Å²) >= 11 is 0.950. The molecule has 9 heteroatoms. The third kappa shape index (κ3) is 5.57. The molecule has 0 saturated carbocycles. The van der Waals surface area contributed by atoms with E-state index in [0.29, 0.717) is 17.3 Å². The highest BCUT2D eigenvalue weighted by molar-refractivity contribution is 7.91. The van der Waals surface area contributed by atoms with Crippen LogP contribution in [0.3, 0.4) is 0 Å². The van der Waals surface area contributed by atoms with E-state index in [1.807, 2.05) is 6.92 Å². The fourth-order valence-corrected chi connectivity index (χ4v) is 4.59. The first-order chi connectivity index (χ1) is 9.70. The molecule has 122 valence electrons. The number of halogens is 3. The minimum atomic E-state index is -4.55. The van der Waals surface area contributed by atoms with E-state index in [1.165, 1.54) is 6.07 Å². The van der Waals surface area contributed by atoms with Crippen molar-refractivity contribution >= 4 is 21.4 Å². The number of alkyl halides is 3. The van der Waals surface area contributed by atoms with Gasteiger partial charge in [0, 0.05) is 13.1 Å². The largest absolute Gasteiger partial charge is 0.402 e. The molecule has 1 aromatic heterocycles. The average Bonchev–Trinajstić information content (AvgIpc) is 2.83. The zero-order chi connectivity index (χ0) is 16.1. The topological polar surface area (TPSA) is 49.4 Å². The quantitative estimate of drug-likeness (QED) is 0.789. The van der Waals surface area contributed by atoms with Crippen molar-refractivity contribution in [2.45, 2.75) is 37.2 Å². The SMILES string of the molecule is CCCN(CC(F)(F)F)S(=O)(=O)c1cc(CNCC)cs1. The molecule has 0 atom stereocenters. The van der Waals surface area contributed by atoms with E-state index in [-0.39, 0.29) is 10.8 Å². The summed E-state index contributed by atoms with van der Waals surface area (Å²) in [6, 6.07) is 1.43. The third-order valence-electron chi connectivity index (χ3n) is 2.63. The van der Waals surface area contributed by atoms with E-state index >= 15 is 0 Å². The molecule has 0 bridgehead atoms. The lowest BCUT2D eigenvalue weighted by molar-refractivity contribution is -0.136. The molecule has 1 N–H and O–H groups in total. The highest BCUT2D eigenvalue weighted by Crippen LogP contribution is 2.27. The van der Waals surface area contributed by atoms with Gasteiger partial charge >= 0.3 is 6.18 Å². The molecule has 0 saturated heterocycles. The molecule has 0 aromatic carbocycles. The average molecular weight is 344 g/mol. The predicted octanol–water partition coefficient (Wildman–Crippen LogP) is 2.82. The Hall–Kier alpha value is -0.640. The molecular weight excluding hydrogens is 325 g/mol. The molecule has 1 aromatic rings. The van der Waals surface area contributed by atoms with Crippen molar-refractivity contribution < 1.29 is 21.6 Å². The first-order valence-corrected chi connectivity index (χ1v) is 8.87. The van der Waals surface area contributed by atoms with Crippen LogP contribution < -0.4 is 5.32 Å². The maximum atomic E-state index is 12.5. The van der Waals surface area contributed by atoms with Gasteiger partial charge in [0.15, 0.2) is 0 Å². The fourth-order valence-electron chi connectivity index (χ4n) is 1.71. The Morgan fingerprint density at radius 1 is 1.33 bits per heavy atom. The van der Waals surface area contributed by atoms with Crippen LogP contribution in [0.15, 0.2) is 15.7 Å². The summed E-state index contributed by atoms with van der Waals surface area (Å²) in [5.74, 6) is 0. The molecule has 0 radical (unpaired) electrons. The van der Waals surface area contributed by atoms with Crippen LogP contribution >= 0.6 is 11.3 Å². The molecule has 21 heavy (non-hydrogen) atoms. The van der Waals surface area contributed by atoms with Gasteiger partial charge in [0.2, 0.25) is 0 Å². The highest BCUT2D eigenvalue weighted by Gasteiger charge is 2.37. The molecule has 0 amide bonds. The lowest BCUT2D eigenvalue weighted by atomic mass is 10.3. The first-order valence-electron chi connectivity index (χ1n) is 6.55. The number of hydrogen-bond donors (Lipinski definition) is 1. The Kier molecular flexibility index (Phi) is 6.64. The molecule has 4 nitrogen and oxygen atoms in total. The van der Waals surface area contributed by atoms with E-state index in [0.717, 1.165) is 23.4 Å². The van der Waals surface area contributed by atoms with Gasteiger partial charge in [0.05, 0.1) is 0 Å². The maximum Gasteiger partial charge on any atom is 0.402 e. The molecule has 0 aliphatic rings. The van der Waals surface area contributed by atoms with Gasteiger partial charge in [0.1, 0.15) is 10.8 Å². The van der Waals surface area contributed by atoms with Crippen molar-refractivity contribution in [3.05, 3.63) is 17.0 Å². The number of rotatable bonds is 8. The Morgan fingerprint density at radius 2 is 2.00 bits per heavy atom. The van der Waals surface area contributed by atoms with Gasteiger partial charge in [-0.1, -0.05) is 13.8 Å². The van der Waals surface area contributed by atoms with Crippen LogP contribution in [0.5, 0.6) is 0 Å². The van der Waals surface area contributed by atoms with Crippen molar-refractivity contribution in [1.29, 1.82) is 0 Å². The molecule has 1 heterocycles. The van der Waals surface area contributed by atoms with Crippen molar-refractivity contribution in [1.82, 2.24) is 9.62 Å². The van der Waals surface area contributed by atoms with E-state index in [9.17, 15) is 21.6 Å². The van der Waals surface area contributed by atoms with E-state index in [2.05, 4.69) is 5.32 Å². The van der Waals surface area contributed by atoms with Crippen LogP contribution in [0.2, 0.25) is 0 Å². The summed E-state index contributed by atoms with van der Waals surface area (Å²) in [7, 11) is -4.10. The van der Waals surface area contributed by atoms with Crippen LogP contribution in [-0.4, -0.2) is 38.5 Å². The number of hydrogen-bond acceptors (Lipinski definition) is 4. The highest BCUT2D eigenvalue weighted by atomic mass is 32.2. The monoisotopic (exact) mass is 344 g/mol. The number of thiophene rings is 1. The lowest BCUT2D eigenvalue weighted by Gasteiger charge is -2.21. The van der Waals surface area contributed by atoms with Crippen molar-refractivity contribution in [3.63, 3.8) is 0 Å².